The zero-order valence-corrected chi connectivity index (χ0v) is 12.4. The first-order valence-electron chi connectivity index (χ1n) is 6.11. The number of hydrogen-bond donors (Lipinski definition) is 0. The van der Waals surface area contributed by atoms with E-state index in [0.29, 0.717) is 13.2 Å². The first-order chi connectivity index (χ1) is 9.74. The van der Waals surface area contributed by atoms with Gasteiger partial charge in [0.15, 0.2) is 0 Å². The molecule has 0 bridgehead atoms. The second-order valence-electron chi connectivity index (χ2n) is 4.35. The number of non-ortho nitro benzene ring substituents is 1. The van der Waals surface area contributed by atoms with Gasteiger partial charge in [-0.1, -0.05) is 0 Å². The van der Waals surface area contributed by atoms with Crippen LogP contribution in [0.15, 0.2) is 48.5 Å². The van der Waals surface area contributed by atoms with Gasteiger partial charge in [0.1, 0.15) is 0 Å². The van der Waals surface area contributed by atoms with E-state index in [0.717, 1.165) is 15.5 Å². The van der Waals surface area contributed by atoms with Gasteiger partial charge in [-0.05, 0) is 0 Å². The molecule has 3 rings (SSSR count). The van der Waals surface area contributed by atoms with Gasteiger partial charge in [0, 0.05) is 0 Å². The molecule has 2 aromatic carbocycles. The third kappa shape index (κ3) is 2.75. The molecule has 0 radical (unpaired) electrons. The average Bonchev–Trinajstić information content (AvgIpc) is 2.70. The maximum atomic E-state index is 10.6. The van der Waals surface area contributed by atoms with Gasteiger partial charge in [-0.2, -0.15) is 0 Å². The van der Waals surface area contributed by atoms with E-state index in [9.17, 15) is 10.1 Å². The summed E-state index contributed by atoms with van der Waals surface area (Å²) in [5.41, 5.74) is 2.37. The standard InChI is InChI=1S/C14H12AsNO4/c17-16(18)14-7-5-13(6-8-14)15-19-9-11-3-1-2-4-12(11)10-20-15/h1-8H,9-10H2. The Hall–Kier alpha value is -1.68. The molecule has 0 atom stereocenters. The molecule has 0 spiro atoms. The molecule has 0 fully saturated rings. The number of benzene rings is 2. The van der Waals surface area contributed by atoms with Crippen molar-refractivity contribution in [3.05, 3.63) is 69.8 Å². The Morgan fingerprint density at radius 1 is 0.950 bits per heavy atom. The molecule has 20 heavy (non-hydrogen) atoms. The summed E-state index contributed by atoms with van der Waals surface area (Å²) >= 11 is -2.07. The van der Waals surface area contributed by atoms with Crippen LogP contribution in [0.5, 0.6) is 0 Å². The summed E-state index contributed by atoms with van der Waals surface area (Å²) in [6.45, 7) is 1.07. The van der Waals surface area contributed by atoms with Crippen LogP contribution in [-0.2, 0) is 20.7 Å². The molecule has 0 saturated carbocycles. The molecule has 0 unspecified atom stereocenters. The number of nitro groups is 1. The van der Waals surface area contributed by atoms with Gasteiger partial charge in [-0.15, -0.1) is 0 Å². The molecule has 2 aromatic rings. The molecule has 0 amide bonds. The summed E-state index contributed by atoms with van der Waals surface area (Å²) in [5.74, 6) is 0. The van der Waals surface area contributed by atoms with Crippen LogP contribution >= 0.6 is 0 Å². The molecular weight excluding hydrogens is 321 g/mol. The van der Waals surface area contributed by atoms with Crippen molar-refractivity contribution >= 4 is 25.4 Å². The summed E-state index contributed by atoms with van der Waals surface area (Å²) in [7, 11) is 0. The molecule has 102 valence electrons. The van der Waals surface area contributed by atoms with Gasteiger partial charge in [-0.25, -0.2) is 0 Å². The molecule has 0 aromatic heterocycles. The van der Waals surface area contributed by atoms with Gasteiger partial charge < -0.3 is 0 Å². The summed E-state index contributed by atoms with van der Waals surface area (Å²) in [5, 5.41) is 10.6. The van der Waals surface area contributed by atoms with Crippen molar-refractivity contribution < 1.29 is 12.4 Å². The number of nitrogens with zero attached hydrogens (tertiary/aromatic N) is 1. The van der Waals surface area contributed by atoms with Crippen molar-refractivity contribution in [1.82, 2.24) is 0 Å². The second-order valence-corrected chi connectivity index (χ2v) is 7.59. The van der Waals surface area contributed by atoms with E-state index in [4.69, 9.17) is 7.45 Å². The van der Waals surface area contributed by atoms with Crippen molar-refractivity contribution in [3.8, 4) is 0 Å². The molecule has 0 N–H and O–H groups in total. The predicted octanol–water partition coefficient (Wildman–Crippen LogP) is 2.04. The Morgan fingerprint density at radius 3 is 2.00 bits per heavy atom. The molecule has 5 nitrogen and oxygen atoms in total. The molecule has 0 saturated heterocycles. The van der Waals surface area contributed by atoms with Gasteiger partial charge in [0.2, 0.25) is 0 Å². The van der Waals surface area contributed by atoms with Crippen molar-refractivity contribution in [2.24, 2.45) is 0 Å². The maximum absolute atomic E-state index is 10.6. The van der Waals surface area contributed by atoms with E-state index in [1.54, 1.807) is 12.1 Å². The number of fused-ring (bicyclic) bond motifs is 1. The van der Waals surface area contributed by atoms with E-state index < -0.39 is 20.3 Å². The Morgan fingerprint density at radius 2 is 1.50 bits per heavy atom. The van der Waals surface area contributed by atoms with Crippen LogP contribution in [0.25, 0.3) is 0 Å². The molecule has 0 aliphatic carbocycles. The van der Waals surface area contributed by atoms with Gasteiger partial charge in [0.05, 0.1) is 0 Å². The summed E-state index contributed by atoms with van der Waals surface area (Å²) in [6, 6.07) is 14.5. The number of nitro benzene ring substituents is 1. The fourth-order valence-corrected chi connectivity index (χ4v) is 4.66. The normalized spacial score (nSPS) is 15.4. The first-order valence-corrected chi connectivity index (χ1v) is 8.58. The quantitative estimate of drug-likeness (QED) is 0.479. The molecule has 6 heteroatoms. The molecular formula is C14H12AsNO4. The van der Waals surface area contributed by atoms with Crippen LogP contribution in [0.1, 0.15) is 11.1 Å². The van der Waals surface area contributed by atoms with Crippen molar-refractivity contribution in [2.75, 3.05) is 0 Å². The zero-order valence-electron chi connectivity index (χ0n) is 10.6. The van der Waals surface area contributed by atoms with E-state index in [1.165, 1.54) is 12.1 Å². The fraction of sp³-hybridized carbons (Fsp3) is 0.143. The van der Waals surface area contributed by atoms with Crippen molar-refractivity contribution in [3.63, 3.8) is 0 Å². The Bertz CT molecular complexity index is 602. The first kappa shape index (κ1) is 13.3. The fourth-order valence-electron chi connectivity index (χ4n) is 1.98. The topological polar surface area (TPSA) is 61.6 Å². The van der Waals surface area contributed by atoms with Crippen LogP contribution in [0.3, 0.4) is 0 Å². The Labute approximate surface area is 121 Å². The van der Waals surface area contributed by atoms with Crippen LogP contribution in [0.2, 0.25) is 0 Å². The second kappa shape index (κ2) is 5.75. The predicted molar refractivity (Wildman–Crippen MR) is 74.5 cm³/mol. The molecule has 1 heterocycles. The average molecular weight is 333 g/mol. The minimum atomic E-state index is -2.07. The van der Waals surface area contributed by atoms with E-state index >= 15 is 0 Å². The van der Waals surface area contributed by atoms with E-state index in [1.807, 2.05) is 24.3 Å². The SMILES string of the molecule is O=[N+]([O-])c1ccc([As]2OCc3ccccc3CO2)cc1. The van der Waals surface area contributed by atoms with Crippen LogP contribution in [-0.4, -0.2) is 20.3 Å². The number of rotatable bonds is 2. The third-order valence-corrected chi connectivity index (χ3v) is 6.10. The van der Waals surface area contributed by atoms with Crippen LogP contribution < -0.4 is 4.35 Å². The summed E-state index contributed by atoms with van der Waals surface area (Å²) in [6.07, 6.45) is 0. The third-order valence-electron chi connectivity index (χ3n) is 3.06. The zero-order chi connectivity index (χ0) is 13.9. The minimum absolute atomic E-state index is 0.0841. The van der Waals surface area contributed by atoms with E-state index in [2.05, 4.69) is 0 Å². The van der Waals surface area contributed by atoms with Crippen molar-refractivity contribution in [1.29, 1.82) is 0 Å². The van der Waals surface area contributed by atoms with Gasteiger partial charge in [0.25, 0.3) is 0 Å². The molecule has 1 aliphatic rings. The van der Waals surface area contributed by atoms with E-state index in [-0.39, 0.29) is 5.69 Å². The van der Waals surface area contributed by atoms with Gasteiger partial charge in [-0.3, -0.25) is 0 Å². The van der Waals surface area contributed by atoms with Crippen LogP contribution in [0, 0.1) is 10.1 Å². The monoisotopic (exact) mass is 333 g/mol. The molecule has 1 aliphatic heterocycles. The Kier molecular flexibility index (Phi) is 3.83. The van der Waals surface area contributed by atoms with Crippen LogP contribution in [0.4, 0.5) is 5.69 Å². The Balaban J connectivity index is 1.78. The van der Waals surface area contributed by atoms with Crippen molar-refractivity contribution in [2.45, 2.75) is 13.2 Å². The number of hydrogen-bond acceptors (Lipinski definition) is 4. The summed E-state index contributed by atoms with van der Waals surface area (Å²) in [4.78, 5) is 10.2. The van der Waals surface area contributed by atoms with Gasteiger partial charge >= 0.3 is 121 Å². The summed E-state index contributed by atoms with van der Waals surface area (Å²) < 4.78 is 12.7.